The molecule has 126 valence electrons. The maximum Gasteiger partial charge on any atom is 0.133 e. The number of ether oxygens (including phenoxy) is 1. The van der Waals surface area contributed by atoms with Crippen LogP contribution >= 0.6 is 15.9 Å². The summed E-state index contributed by atoms with van der Waals surface area (Å²) >= 11 is 3.44. The van der Waals surface area contributed by atoms with E-state index in [1.165, 1.54) is 38.5 Å². The maximum absolute atomic E-state index is 9.88. The van der Waals surface area contributed by atoms with Crippen molar-refractivity contribution in [2.45, 2.75) is 50.6 Å². The topological polar surface area (TPSA) is 32.7 Å². The summed E-state index contributed by atoms with van der Waals surface area (Å²) < 4.78 is 6.24. The lowest BCUT2D eigenvalue weighted by molar-refractivity contribution is -0.0823. The largest absolute Gasteiger partial charge is 0.507 e. The van der Waals surface area contributed by atoms with Crippen molar-refractivity contribution in [2.24, 2.45) is 17.8 Å². The Kier molecular flexibility index (Phi) is 3.88. The molecule has 4 heteroatoms. The minimum Gasteiger partial charge on any atom is -0.507 e. The number of phenolic OH excluding ortho intramolecular Hbond substituents is 1. The molecule has 0 saturated heterocycles. The number of nitrogens with zero attached hydrogens (tertiary/aromatic N) is 1. The summed E-state index contributed by atoms with van der Waals surface area (Å²) in [6.07, 6.45) is 8.54. The SMILES string of the molecule is COc1cc(O)c(Br)cc1CN(C)C12CC3CC(CC(C3)C1)C2. The summed E-state index contributed by atoms with van der Waals surface area (Å²) in [6.45, 7) is 0.883. The highest BCUT2D eigenvalue weighted by Gasteiger charge is 2.52. The van der Waals surface area contributed by atoms with Gasteiger partial charge in [0.2, 0.25) is 0 Å². The highest BCUT2D eigenvalue weighted by atomic mass is 79.9. The molecule has 4 fully saturated rings. The van der Waals surface area contributed by atoms with Gasteiger partial charge in [-0.15, -0.1) is 0 Å². The predicted octanol–water partition coefficient (Wildman–Crippen LogP) is 4.56. The van der Waals surface area contributed by atoms with Crippen LogP contribution in [0.2, 0.25) is 0 Å². The summed E-state index contributed by atoms with van der Waals surface area (Å²) in [5.41, 5.74) is 1.54. The van der Waals surface area contributed by atoms with Crippen molar-refractivity contribution < 1.29 is 9.84 Å². The Hall–Kier alpha value is -0.740. The van der Waals surface area contributed by atoms with Crippen LogP contribution in [0, 0.1) is 17.8 Å². The van der Waals surface area contributed by atoms with E-state index in [4.69, 9.17) is 4.74 Å². The molecule has 4 bridgehead atoms. The first kappa shape index (κ1) is 15.8. The highest BCUT2D eigenvalue weighted by Crippen LogP contribution is 2.57. The molecule has 1 N–H and O–H groups in total. The van der Waals surface area contributed by atoms with Crippen LogP contribution in [0.3, 0.4) is 0 Å². The van der Waals surface area contributed by atoms with E-state index in [0.717, 1.165) is 40.1 Å². The van der Waals surface area contributed by atoms with Gasteiger partial charge in [-0.3, -0.25) is 4.90 Å². The Morgan fingerprint density at radius 1 is 1.17 bits per heavy atom. The molecular formula is C19H26BrNO2. The number of halogens is 1. The van der Waals surface area contributed by atoms with Crippen LogP contribution in [0.15, 0.2) is 16.6 Å². The van der Waals surface area contributed by atoms with E-state index >= 15 is 0 Å². The van der Waals surface area contributed by atoms with Gasteiger partial charge in [-0.25, -0.2) is 0 Å². The van der Waals surface area contributed by atoms with Gasteiger partial charge in [-0.2, -0.15) is 0 Å². The fourth-order valence-electron chi connectivity index (χ4n) is 5.85. The number of rotatable bonds is 4. The fourth-order valence-corrected chi connectivity index (χ4v) is 6.24. The van der Waals surface area contributed by atoms with Crippen molar-refractivity contribution in [3.05, 3.63) is 22.2 Å². The quantitative estimate of drug-likeness (QED) is 0.831. The molecule has 4 saturated carbocycles. The molecule has 4 aliphatic carbocycles. The molecule has 0 spiro atoms. The Balaban J connectivity index is 1.59. The summed E-state index contributed by atoms with van der Waals surface area (Å²) in [5.74, 6) is 3.89. The summed E-state index contributed by atoms with van der Waals surface area (Å²) in [5, 5.41) is 9.88. The molecule has 0 aliphatic heterocycles. The first-order valence-electron chi connectivity index (χ1n) is 8.76. The molecule has 5 rings (SSSR count). The molecule has 4 aliphatic rings. The van der Waals surface area contributed by atoms with E-state index in [0.29, 0.717) is 5.54 Å². The summed E-state index contributed by atoms with van der Waals surface area (Å²) in [4.78, 5) is 2.58. The van der Waals surface area contributed by atoms with Gasteiger partial charge in [0, 0.05) is 23.7 Å². The summed E-state index contributed by atoms with van der Waals surface area (Å²) in [7, 11) is 3.96. The van der Waals surface area contributed by atoms with Crippen molar-refractivity contribution in [2.75, 3.05) is 14.2 Å². The van der Waals surface area contributed by atoms with Crippen LogP contribution in [0.25, 0.3) is 0 Å². The molecule has 3 nitrogen and oxygen atoms in total. The van der Waals surface area contributed by atoms with Crippen molar-refractivity contribution in [3.63, 3.8) is 0 Å². The Morgan fingerprint density at radius 2 is 1.74 bits per heavy atom. The standard InChI is InChI=1S/C19H26BrNO2/c1-21(11-15-6-16(20)17(22)7-18(15)23-2)19-8-12-3-13(9-19)5-14(4-12)10-19/h6-7,12-14,22H,3-5,8-11H2,1-2H3. The van der Waals surface area contributed by atoms with Gasteiger partial charge < -0.3 is 9.84 Å². The zero-order valence-corrected chi connectivity index (χ0v) is 15.6. The third kappa shape index (κ3) is 2.68. The third-order valence-corrected chi connectivity index (χ3v) is 7.21. The normalized spacial score (nSPS) is 35.0. The summed E-state index contributed by atoms with van der Waals surface area (Å²) in [6, 6.07) is 3.72. The first-order valence-corrected chi connectivity index (χ1v) is 9.55. The molecule has 0 heterocycles. The molecule has 0 aromatic heterocycles. The second-order valence-electron chi connectivity index (χ2n) is 8.11. The van der Waals surface area contributed by atoms with Gasteiger partial charge in [0.05, 0.1) is 11.6 Å². The van der Waals surface area contributed by atoms with Gasteiger partial charge in [0.1, 0.15) is 11.5 Å². The number of hydrogen-bond donors (Lipinski definition) is 1. The molecule has 23 heavy (non-hydrogen) atoms. The van der Waals surface area contributed by atoms with Crippen molar-refractivity contribution >= 4 is 15.9 Å². The van der Waals surface area contributed by atoms with E-state index in [1.807, 2.05) is 6.07 Å². The zero-order valence-electron chi connectivity index (χ0n) is 14.0. The maximum atomic E-state index is 9.88. The Bertz CT molecular complexity index is 580. The molecule has 0 radical (unpaired) electrons. The van der Waals surface area contributed by atoms with Crippen LogP contribution in [-0.4, -0.2) is 29.7 Å². The van der Waals surface area contributed by atoms with Gasteiger partial charge in [0.15, 0.2) is 0 Å². The number of aromatic hydroxyl groups is 1. The monoisotopic (exact) mass is 379 g/mol. The van der Waals surface area contributed by atoms with Gasteiger partial charge in [-0.1, -0.05) is 0 Å². The highest BCUT2D eigenvalue weighted by molar-refractivity contribution is 9.10. The number of hydrogen-bond acceptors (Lipinski definition) is 3. The lowest BCUT2D eigenvalue weighted by Gasteiger charge is -2.60. The second kappa shape index (κ2) is 5.66. The average molecular weight is 380 g/mol. The van der Waals surface area contributed by atoms with Gasteiger partial charge >= 0.3 is 0 Å². The van der Waals surface area contributed by atoms with Crippen molar-refractivity contribution in [1.29, 1.82) is 0 Å². The second-order valence-corrected chi connectivity index (χ2v) is 8.97. The van der Waals surface area contributed by atoms with Crippen LogP contribution in [0.5, 0.6) is 11.5 Å². The van der Waals surface area contributed by atoms with E-state index in [2.05, 4.69) is 27.9 Å². The number of methoxy groups -OCH3 is 1. The average Bonchev–Trinajstić information content (AvgIpc) is 2.49. The van der Waals surface area contributed by atoms with E-state index in [-0.39, 0.29) is 5.75 Å². The Morgan fingerprint density at radius 3 is 2.26 bits per heavy atom. The van der Waals surface area contributed by atoms with E-state index in [1.54, 1.807) is 13.2 Å². The van der Waals surface area contributed by atoms with Gasteiger partial charge in [-0.05, 0) is 85.3 Å². The molecule has 0 atom stereocenters. The van der Waals surface area contributed by atoms with Gasteiger partial charge in [0.25, 0.3) is 0 Å². The molecule has 0 amide bonds. The molecule has 1 aromatic carbocycles. The minimum absolute atomic E-state index is 0.239. The lowest BCUT2D eigenvalue weighted by atomic mass is 9.52. The third-order valence-electron chi connectivity index (χ3n) is 6.57. The molecule has 1 aromatic rings. The lowest BCUT2D eigenvalue weighted by Crippen LogP contribution is -2.58. The van der Waals surface area contributed by atoms with Crippen molar-refractivity contribution in [1.82, 2.24) is 4.90 Å². The van der Waals surface area contributed by atoms with E-state index < -0.39 is 0 Å². The smallest absolute Gasteiger partial charge is 0.133 e. The van der Waals surface area contributed by atoms with Crippen LogP contribution in [0.4, 0.5) is 0 Å². The molecular weight excluding hydrogens is 354 g/mol. The molecule has 0 unspecified atom stereocenters. The van der Waals surface area contributed by atoms with Crippen LogP contribution < -0.4 is 4.74 Å². The predicted molar refractivity (Wildman–Crippen MR) is 94.7 cm³/mol. The Labute approximate surface area is 147 Å². The van der Waals surface area contributed by atoms with Crippen LogP contribution in [0.1, 0.15) is 44.1 Å². The fraction of sp³-hybridized carbons (Fsp3) is 0.684. The minimum atomic E-state index is 0.239. The number of phenols is 1. The van der Waals surface area contributed by atoms with E-state index in [9.17, 15) is 5.11 Å². The van der Waals surface area contributed by atoms with Crippen molar-refractivity contribution in [3.8, 4) is 11.5 Å². The first-order chi connectivity index (χ1) is 11.0. The van der Waals surface area contributed by atoms with Crippen LogP contribution in [-0.2, 0) is 6.54 Å². The zero-order chi connectivity index (χ0) is 16.2. The number of benzene rings is 1.